The molecule has 0 aliphatic heterocycles. The largest absolute Gasteiger partial charge is 0.391 e. The van der Waals surface area contributed by atoms with Gasteiger partial charge in [0.1, 0.15) is 5.82 Å². The van der Waals surface area contributed by atoms with E-state index in [2.05, 4.69) is 0 Å². The zero-order valence-corrected chi connectivity index (χ0v) is 12.0. The second kappa shape index (κ2) is 5.15. The Kier molecular flexibility index (Phi) is 4.41. The lowest BCUT2D eigenvalue weighted by molar-refractivity contribution is 0.138. The van der Waals surface area contributed by atoms with Crippen LogP contribution in [0.5, 0.6) is 0 Å². The van der Waals surface area contributed by atoms with Crippen LogP contribution in [-0.2, 0) is 16.3 Å². The van der Waals surface area contributed by atoms with Gasteiger partial charge in [-0.25, -0.2) is 12.8 Å². The first-order valence-electron chi connectivity index (χ1n) is 5.37. The molecule has 1 rings (SSSR count). The highest BCUT2D eigenvalue weighted by molar-refractivity contribution is 7.92. The third kappa shape index (κ3) is 3.22. The molecule has 1 aromatic carbocycles. The Bertz CT molecular complexity index is 540. The predicted octanol–water partition coefficient (Wildman–Crippen LogP) is 2.21. The Hall–Kier alpha value is -0.650. The minimum absolute atomic E-state index is 0.00406. The van der Waals surface area contributed by atoms with Crippen LogP contribution in [0.1, 0.15) is 19.4 Å². The molecule has 0 bridgehead atoms. The molecule has 1 unspecified atom stereocenters. The smallest absolute Gasteiger partial charge is 0.155 e. The number of hydrogen-bond acceptors (Lipinski definition) is 3. The summed E-state index contributed by atoms with van der Waals surface area (Å²) in [6, 6.07) is 4.14. The first kappa shape index (κ1) is 15.4. The highest BCUT2D eigenvalue weighted by Gasteiger charge is 2.37. The summed E-state index contributed by atoms with van der Waals surface area (Å²) in [7, 11) is -3.41. The first-order valence-corrected chi connectivity index (χ1v) is 7.64. The number of aliphatic hydroxyl groups excluding tert-OH is 1. The van der Waals surface area contributed by atoms with Gasteiger partial charge in [0.15, 0.2) is 9.84 Å². The van der Waals surface area contributed by atoms with Crippen LogP contribution in [0.2, 0.25) is 5.02 Å². The van der Waals surface area contributed by atoms with Crippen LogP contribution < -0.4 is 0 Å². The molecular formula is C12H16ClFO3S. The zero-order valence-electron chi connectivity index (χ0n) is 10.4. The first-order chi connectivity index (χ1) is 8.05. The van der Waals surface area contributed by atoms with Crippen LogP contribution in [0.25, 0.3) is 0 Å². The molecule has 1 aromatic rings. The van der Waals surface area contributed by atoms with Gasteiger partial charge in [0.2, 0.25) is 0 Å². The Morgan fingerprint density at radius 1 is 1.44 bits per heavy atom. The van der Waals surface area contributed by atoms with Crippen molar-refractivity contribution in [3.63, 3.8) is 0 Å². The van der Waals surface area contributed by atoms with E-state index >= 15 is 0 Å². The molecule has 0 spiro atoms. The fraction of sp³-hybridized carbons (Fsp3) is 0.500. The SMILES string of the molecule is CC(C)(C(O)Cc1ccc(Cl)c(F)c1)S(C)(=O)=O. The second-order valence-electron chi connectivity index (χ2n) is 4.84. The molecule has 0 amide bonds. The monoisotopic (exact) mass is 294 g/mol. The van der Waals surface area contributed by atoms with Crippen LogP contribution in [0.4, 0.5) is 4.39 Å². The lowest BCUT2D eigenvalue weighted by Gasteiger charge is -2.28. The second-order valence-corrected chi connectivity index (χ2v) is 7.85. The summed E-state index contributed by atoms with van der Waals surface area (Å²) >= 11 is 5.55. The Morgan fingerprint density at radius 3 is 2.44 bits per heavy atom. The molecule has 0 heterocycles. The van der Waals surface area contributed by atoms with Crippen molar-refractivity contribution in [1.82, 2.24) is 0 Å². The van der Waals surface area contributed by atoms with Gasteiger partial charge in [-0.2, -0.15) is 0 Å². The Labute approximate surface area is 112 Å². The molecule has 6 heteroatoms. The van der Waals surface area contributed by atoms with E-state index < -0.39 is 26.5 Å². The van der Waals surface area contributed by atoms with E-state index in [1.54, 1.807) is 6.07 Å². The summed E-state index contributed by atoms with van der Waals surface area (Å²) in [6.45, 7) is 2.89. The summed E-state index contributed by atoms with van der Waals surface area (Å²) in [4.78, 5) is 0. The summed E-state index contributed by atoms with van der Waals surface area (Å²) < 4.78 is 35.0. The number of benzene rings is 1. The van der Waals surface area contributed by atoms with E-state index in [4.69, 9.17) is 11.6 Å². The predicted molar refractivity (Wildman–Crippen MR) is 70.0 cm³/mol. The van der Waals surface area contributed by atoms with Crippen LogP contribution in [-0.4, -0.2) is 30.6 Å². The van der Waals surface area contributed by atoms with Crippen LogP contribution in [0.15, 0.2) is 18.2 Å². The number of hydrogen-bond donors (Lipinski definition) is 1. The van der Waals surface area contributed by atoms with Gasteiger partial charge in [0.05, 0.1) is 15.9 Å². The summed E-state index contributed by atoms with van der Waals surface area (Å²) in [5.74, 6) is -0.585. The van der Waals surface area contributed by atoms with Crippen molar-refractivity contribution in [1.29, 1.82) is 0 Å². The Balaban J connectivity index is 2.94. The normalized spacial score (nSPS) is 14.6. The molecule has 3 nitrogen and oxygen atoms in total. The maximum atomic E-state index is 13.2. The van der Waals surface area contributed by atoms with Crippen molar-refractivity contribution < 1.29 is 17.9 Å². The van der Waals surface area contributed by atoms with Crippen molar-refractivity contribution >= 4 is 21.4 Å². The minimum Gasteiger partial charge on any atom is -0.391 e. The molecule has 0 saturated heterocycles. The van der Waals surface area contributed by atoms with Gasteiger partial charge < -0.3 is 5.11 Å². The average Bonchev–Trinajstić information content (AvgIpc) is 2.21. The molecular weight excluding hydrogens is 279 g/mol. The maximum Gasteiger partial charge on any atom is 0.155 e. The van der Waals surface area contributed by atoms with Gasteiger partial charge in [-0.05, 0) is 38.0 Å². The van der Waals surface area contributed by atoms with E-state index in [9.17, 15) is 17.9 Å². The van der Waals surface area contributed by atoms with Gasteiger partial charge in [0.25, 0.3) is 0 Å². The standard InChI is InChI=1S/C12H16ClFO3S/c1-12(2,18(3,16)17)11(15)7-8-4-5-9(13)10(14)6-8/h4-6,11,15H,7H2,1-3H3. The highest BCUT2D eigenvalue weighted by atomic mass is 35.5. The molecule has 1 atom stereocenters. The van der Waals surface area contributed by atoms with Crippen molar-refractivity contribution in [2.24, 2.45) is 0 Å². The number of rotatable bonds is 4. The lowest BCUT2D eigenvalue weighted by atomic mass is 9.98. The number of sulfone groups is 1. The average molecular weight is 295 g/mol. The minimum atomic E-state index is -3.41. The summed E-state index contributed by atoms with van der Waals surface area (Å²) in [5, 5.41) is 9.99. The molecule has 1 N–H and O–H groups in total. The number of halogens is 2. The quantitative estimate of drug-likeness (QED) is 0.926. The summed E-state index contributed by atoms with van der Waals surface area (Å²) in [6.07, 6.45) is 0.000358. The molecule has 0 saturated carbocycles. The zero-order chi connectivity index (χ0) is 14.1. The van der Waals surface area contributed by atoms with Crippen LogP contribution in [0.3, 0.4) is 0 Å². The summed E-state index contributed by atoms with van der Waals surface area (Å²) in [5.41, 5.74) is 0.501. The van der Waals surface area contributed by atoms with E-state index in [0.717, 1.165) is 6.26 Å². The molecule has 0 aliphatic rings. The molecule has 102 valence electrons. The van der Waals surface area contributed by atoms with Gasteiger partial charge in [-0.1, -0.05) is 17.7 Å². The van der Waals surface area contributed by atoms with Crippen molar-refractivity contribution in [3.05, 3.63) is 34.6 Å². The fourth-order valence-corrected chi connectivity index (χ4v) is 2.08. The van der Waals surface area contributed by atoms with E-state index in [1.165, 1.54) is 26.0 Å². The molecule has 0 fully saturated rings. The Morgan fingerprint density at radius 2 is 2.00 bits per heavy atom. The molecule has 0 radical (unpaired) electrons. The lowest BCUT2D eigenvalue weighted by Crippen LogP contribution is -2.44. The molecule has 18 heavy (non-hydrogen) atoms. The maximum absolute atomic E-state index is 13.2. The van der Waals surface area contributed by atoms with Crippen molar-refractivity contribution in [2.75, 3.05) is 6.26 Å². The molecule has 0 aromatic heterocycles. The van der Waals surface area contributed by atoms with Crippen molar-refractivity contribution in [2.45, 2.75) is 31.1 Å². The van der Waals surface area contributed by atoms with Crippen LogP contribution >= 0.6 is 11.6 Å². The topological polar surface area (TPSA) is 54.4 Å². The third-order valence-corrected chi connectivity index (χ3v) is 5.66. The van der Waals surface area contributed by atoms with E-state index in [-0.39, 0.29) is 11.4 Å². The van der Waals surface area contributed by atoms with Gasteiger partial charge in [-0.15, -0.1) is 0 Å². The van der Waals surface area contributed by atoms with E-state index in [0.29, 0.717) is 5.56 Å². The number of aliphatic hydroxyl groups is 1. The highest BCUT2D eigenvalue weighted by Crippen LogP contribution is 2.24. The fourth-order valence-electron chi connectivity index (χ4n) is 1.38. The third-order valence-electron chi connectivity index (χ3n) is 3.17. The van der Waals surface area contributed by atoms with Crippen LogP contribution in [0, 0.1) is 5.82 Å². The van der Waals surface area contributed by atoms with Gasteiger partial charge in [-0.3, -0.25) is 0 Å². The van der Waals surface area contributed by atoms with Gasteiger partial charge >= 0.3 is 0 Å². The molecule has 0 aliphatic carbocycles. The van der Waals surface area contributed by atoms with Crippen molar-refractivity contribution in [3.8, 4) is 0 Å². The van der Waals surface area contributed by atoms with Gasteiger partial charge in [0, 0.05) is 6.26 Å². The van der Waals surface area contributed by atoms with E-state index in [1.807, 2.05) is 0 Å².